The van der Waals surface area contributed by atoms with Crippen LogP contribution in [-0.2, 0) is 44.9 Å². The molecule has 8 nitrogen and oxygen atoms in total. The molecule has 3 atom stereocenters. The van der Waals surface area contributed by atoms with Crippen LogP contribution in [0.4, 0.5) is 0 Å². The molecule has 3 unspecified atom stereocenters. The number of hydrogen-bond acceptors (Lipinski definition) is 8. The van der Waals surface area contributed by atoms with Gasteiger partial charge in [-0.25, -0.2) is 9.59 Å². The van der Waals surface area contributed by atoms with Crippen LogP contribution in [0.25, 0.3) is 0 Å². The van der Waals surface area contributed by atoms with Gasteiger partial charge in [-0.15, -0.1) is 0 Å². The van der Waals surface area contributed by atoms with E-state index in [-0.39, 0.29) is 5.57 Å². The maximum atomic E-state index is 12.5. The van der Waals surface area contributed by atoms with Crippen LogP contribution in [-0.4, -0.2) is 29.3 Å². The van der Waals surface area contributed by atoms with Crippen LogP contribution in [0.1, 0.15) is 25.0 Å². The standard InChI is InChI=1S/C27H24O8/c1-26(18-12-6-3-7-13-18)32-22(28)20(23(29)33-26)16-10-5-11-17-21-24(30)34-27(2,35-25(21)31)19-14-8-4-9-15-19/h3-17,20,22,28H,1-2H3. The van der Waals surface area contributed by atoms with Gasteiger partial charge in [0.25, 0.3) is 5.79 Å². The normalized spacial score (nSPS) is 29.1. The second-order valence-electron chi connectivity index (χ2n) is 8.21. The molecule has 0 amide bonds. The van der Waals surface area contributed by atoms with Crippen LogP contribution in [0.3, 0.4) is 0 Å². The average molecular weight is 476 g/mol. The van der Waals surface area contributed by atoms with Crippen LogP contribution < -0.4 is 0 Å². The number of hydrogen-bond donors (Lipinski definition) is 1. The summed E-state index contributed by atoms with van der Waals surface area (Å²) in [4.78, 5) is 37.3. The Morgan fingerprint density at radius 3 is 1.83 bits per heavy atom. The molecule has 0 saturated carbocycles. The van der Waals surface area contributed by atoms with Gasteiger partial charge in [-0.2, -0.15) is 0 Å². The van der Waals surface area contributed by atoms with Gasteiger partial charge in [-0.1, -0.05) is 85.0 Å². The van der Waals surface area contributed by atoms with E-state index in [2.05, 4.69) is 0 Å². The van der Waals surface area contributed by atoms with E-state index in [4.69, 9.17) is 18.9 Å². The number of esters is 3. The lowest BCUT2D eigenvalue weighted by molar-refractivity contribution is -0.324. The molecule has 2 fully saturated rings. The summed E-state index contributed by atoms with van der Waals surface area (Å²) in [5.74, 6) is -6.26. The molecule has 0 aromatic heterocycles. The van der Waals surface area contributed by atoms with E-state index in [0.717, 1.165) is 0 Å². The first-order valence-electron chi connectivity index (χ1n) is 10.9. The van der Waals surface area contributed by atoms with Gasteiger partial charge < -0.3 is 24.1 Å². The number of aliphatic hydroxyl groups excluding tert-OH is 1. The van der Waals surface area contributed by atoms with Crippen LogP contribution in [0.15, 0.2) is 96.6 Å². The molecule has 4 rings (SSSR count). The van der Waals surface area contributed by atoms with Crippen LogP contribution in [0, 0.1) is 5.92 Å². The van der Waals surface area contributed by atoms with E-state index in [9.17, 15) is 19.5 Å². The molecular formula is C27H24O8. The zero-order valence-electron chi connectivity index (χ0n) is 19.1. The molecular weight excluding hydrogens is 452 g/mol. The molecule has 1 N–H and O–H groups in total. The first kappa shape index (κ1) is 24.1. The van der Waals surface area contributed by atoms with Crippen molar-refractivity contribution in [3.05, 3.63) is 108 Å². The molecule has 2 aliphatic heterocycles. The fourth-order valence-electron chi connectivity index (χ4n) is 3.71. The molecule has 0 spiro atoms. The largest absolute Gasteiger partial charge is 0.428 e. The SMILES string of the molecule is CC1(c2ccccc2)OC(=O)C(=CC=CC=CC2C(=O)OC(C)(c3ccccc3)OC2O)C(=O)O1. The predicted molar refractivity (Wildman–Crippen MR) is 123 cm³/mol. The minimum atomic E-state index is -1.51. The fraction of sp³-hybridized carbons (Fsp3) is 0.222. The minimum Gasteiger partial charge on any atom is -0.428 e. The van der Waals surface area contributed by atoms with E-state index >= 15 is 0 Å². The molecule has 0 radical (unpaired) electrons. The van der Waals surface area contributed by atoms with Crippen molar-refractivity contribution < 1.29 is 38.4 Å². The Morgan fingerprint density at radius 1 is 0.743 bits per heavy atom. The Hall–Kier alpha value is -4.01. The summed E-state index contributed by atoms with van der Waals surface area (Å²) in [7, 11) is 0. The molecule has 2 aliphatic rings. The van der Waals surface area contributed by atoms with Crippen molar-refractivity contribution in [2.45, 2.75) is 31.7 Å². The zero-order valence-corrected chi connectivity index (χ0v) is 19.1. The van der Waals surface area contributed by atoms with Gasteiger partial charge in [0.05, 0.1) is 0 Å². The highest BCUT2D eigenvalue weighted by Gasteiger charge is 2.45. The van der Waals surface area contributed by atoms with Crippen molar-refractivity contribution in [2.24, 2.45) is 5.92 Å². The highest BCUT2D eigenvalue weighted by molar-refractivity contribution is 6.15. The van der Waals surface area contributed by atoms with E-state index in [1.165, 1.54) is 37.3 Å². The smallest absolute Gasteiger partial charge is 0.349 e. The average Bonchev–Trinajstić information content (AvgIpc) is 2.83. The monoisotopic (exact) mass is 476 g/mol. The van der Waals surface area contributed by atoms with Crippen LogP contribution >= 0.6 is 0 Å². The highest BCUT2D eigenvalue weighted by atomic mass is 16.8. The Bertz CT molecular complexity index is 1180. The summed E-state index contributed by atoms with van der Waals surface area (Å²) in [6, 6.07) is 17.5. The van der Waals surface area contributed by atoms with Crippen LogP contribution in [0.5, 0.6) is 0 Å². The third-order valence-electron chi connectivity index (χ3n) is 5.63. The summed E-state index contributed by atoms with van der Waals surface area (Å²) in [6.07, 6.45) is 5.57. The molecule has 2 aromatic rings. The molecule has 2 heterocycles. The van der Waals surface area contributed by atoms with Gasteiger partial charge in [0.2, 0.25) is 5.79 Å². The Morgan fingerprint density at radius 2 is 1.29 bits per heavy atom. The van der Waals surface area contributed by atoms with E-state index in [0.29, 0.717) is 11.1 Å². The fourth-order valence-corrected chi connectivity index (χ4v) is 3.71. The lowest BCUT2D eigenvalue weighted by Gasteiger charge is -2.38. The third kappa shape index (κ3) is 5.08. The summed E-state index contributed by atoms with van der Waals surface area (Å²) < 4.78 is 21.8. The maximum Gasteiger partial charge on any atom is 0.349 e. The lowest BCUT2D eigenvalue weighted by Crippen LogP contribution is -2.48. The number of carbonyl (C=O) groups excluding carboxylic acids is 3. The van der Waals surface area contributed by atoms with Gasteiger partial charge >= 0.3 is 17.9 Å². The van der Waals surface area contributed by atoms with Crippen molar-refractivity contribution in [3.8, 4) is 0 Å². The molecule has 2 saturated heterocycles. The summed E-state index contributed by atoms with van der Waals surface area (Å²) >= 11 is 0. The maximum absolute atomic E-state index is 12.5. The van der Waals surface area contributed by atoms with Crippen molar-refractivity contribution in [1.82, 2.24) is 0 Å². The molecule has 2 aromatic carbocycles. The number of ether oxygens (including phenoxy) is 4. The molecule has 0 aliphatic carbocycles. The second-order valence-corrected chi connectivity index (χ2v) is 8.21. The van der Waals surface area contributed by atoms with Gasteiger partial charge in [-0.05, 0) is 6.08 Å². The van der Waals surface area contributed by atoms with Crippen molar-refractivity contribution >= 4 is 17.9 Å². The molecule has 0 bridgehead atoms. The van der Waals surface area contributed by atoms with Crippen molar-refractivity contribution in [2.75, 3.05) is 0 Å². The minimum absolute atomic E-state index is 0.276. The van der Waals surface area contributed by atoms with E-state index in [1.54, 1.807) is 61.5 Å². The first-order chi connectivity index (χ1) is 16.7. The third-order valence-corrected chi connectivity index (χ3v) is 5.63. The van der Waals surface area contributed by atoms with E-state index in [1.807, 2.05) is 6.07 Å². The number of carbonyl (C=O) groups is 3. The predicted octanol–water partition coefficient (Wildman–Crippen LogP) is 3.38. The number of rotatable bonds is 5. The van der Waals surface area contributed by atoms with E-state index < -0.39 is 41.7 Å². The Balaban J connectivity index is 1.39. The number of allylic oxidation sites excluding steroid dienone is 4. The number of benzene rings is 2. The molecule has 8 heteroatoms. The molecule has 180 valence electrons. The van der Waals surface area contributed by atoms with Gasteiger partial charge in [-0.3, -0.25) is 4.79 Å². The quantitative estimate of drug-likeness (QED) is 0.303. The topological polar surface area (TPSA) is 108 Å². The Kier molecular flexibility index (Phi) is 6.68. The van der Waals surface area contributed by atoms with Gasteiger partial charge in [0.1, 0.15) is 11.5 Å². The summed E-state index contributed by atoms with van der Waals surface area (Å²) in [5, 5.41) is 10.4. The second kappa shape index (κ2) is 9.69. The van der Waals surface area contributed by atoms with Gasteiger partial charge in [0.15, 0.2) is 6.29 Å². The lowest BCUT2D eigenvalue weighted by atomic mass is 10.0. The summed E-state index contributed by atoms with van der Waals surface area (Å²) in [6.45, 7) is 3.05. The Labute approximate surface area is 202 Å². The van der Waals surface area contributed by atoms with Crippen molar-refractivity contribution in [1.29, 1.82) is 0 Å². The molecule has 35 heavy (non-hydrogen) atoms. The highest BCUT2D eigenvalue weighted by Crippen LogP contribution is 2.35. The van der Waals surface area contributed by atoms with Crippen LogP contribution in [0.2, 0.25) is 0 Å². The summed E-state index contributed by atoms with van der Waals surface area (Å²) in [5.41, 5.74) is 0.848. The first-order valence-corrected chi connectivity index (χ1v) is 10.9. The number of cyclic esters (lactones) is 3. The van der Waals surface area contributed by atoms with Gasteiger partial charge in [0, 0.05) is 25.0 Å². The van der Waals surface area contributed by atoms with Crippen molar-refractivity contribution in [3.63, 3.8) is 0 Å². The number of aliphatic hydroxyl groups is 1. The zero-order chi connectivity index (χ0) is 25.1.